The monoisotopic (exact) mass is 240 g/mol. The number of aromatic nitrogens is 1. The SMILES string of the molecule is Cc1cncc(C(N)c2c(C)cc(C)cc2C)c1. The number of hydrogen-bond acceptors (Lipinski definition) is 2. The molecule has 0 saturated heterocycles. The first kappa shape index (κ1) is 12.8. The van der Waals surface area contributed by atoms with Gasteiger partial charge in [-0.25, -0.2) is 0 Å². The number of pyridine rings is 1. The van der Waals surface area contributed by atoms with Crippen molar-refractivity contribution in [1.29, 1.82) is 0 Å². The summed E-state index contributed by atoms with van der Waals surface area (Å²) in [7, 11) is 0. The van der Waals surface area contributed by atoms with Gasteiger partial charge in [0.1, 0.15) is 0 Å². The van der Waals surface area contributed by atoms with Crippen LogP contribution in [0.2, 0.25) is 0 Å². The van der Waals surface area contributed by atoms with Crippen molar-refractivity contribution >= 4 is 0 Å². The van der Waals surface area contributed by atoms with Gasteiger partial charge in [-0.05, 0) is 55.5 Å². The summed E-state index contributed by atoms with van der Waals surface area (Å²) in [6, 6.07) is 6.38. The third-order valence-electron chi connectivity index (χ3n) is 3.30. The minimum Gasteiger partial charge on any atom is -0.320 e. The van der Waals surface area contributed by atoms with Crippen LogP contribution in [0.25, 0.3) is 0 Å². The Morgan fingerprint density at radius 2 is 1.50 bits per heavy atom. The highest BCUT2D eigenvalue weighted by Gasteiger charge is 2.14. The standard InChI is InChI=1S/C16H20N2/c1-10-5-12(3)15(13(4)6-10)16(17)14-7-11(2)8-18-9-14/h5-9,16H,17H2,1-4H3. The lowest BCUT2D eigenvalue weighted by molar-refractivity contribution is 0.841. The Bertz CT molecular complexity index is 550. The van der Waals surface area contributed by atoms with E-state index < -0.39 is 0 Å². The summed E-state index contributed by atoms with van der Waals surface area (Å²) in [5.74, 6) is 0. The van der Waals surface area contributed by atoms with Gasteiger partial charge in [-0.2, -0.15) is 0 Å². The van der Waals surface area contributed by atoms with E-state index >= 15 is 0 Å². The predicted octanol–water partition coefficient (Wildman–Crippen LogP) is 3.36. The average Bonchev–Trinajstić information content (AvgIpc) is 2.27. The molecule has 0 aliphatic carbocycles. The van der Waals surface area contributed by atoms with E-state index in [2.05, 4.69) is 44.0 Å². The second-order valence-electron chi connectivity index (χ2n) is 5.09. The molecule has 18 heavy (non-hydrogen) atoms. The zero-order valence-electron chi connectivity index (χ0n) is 11.5. The van der Waals surface area contributed by atoms with Gasteiger partial charge in [0, 0.05) is 12.4 Å². The molecule has 0 aliphatic heterocycles. The van der Waals surface area contributed by atoms with Crippen molar-refractivity contribution in [2.75, 3.05) is 0 Å². The summed E-state index contributed by atoms with van der Waals surface area (Å²) < 4.78 is 0. The molecule has 0 bridgehead atoms. The lowest BCUT2D eigenvalue weighted by Gasteiger charge is -2.19. The average molecular weight is 240 g/mol. The molecule has 1 aromatic heterocycles. The van der Waals surface area contributed by atoms with Crippen molar-refractivity contribution in [1.82, 2.24) is 4.98 Å². The molecule has 0 saturated carbocycles. The van der Waals surface area contributed by atoms with Crippen molar-refractivity contribution in [2.45, 2.75) is 33.7 Å². The van der Waals surface area contributed by atoms with Gasteiger partial charge in [-0.3, -0.25) is 4.98 Å². The molecule has 1 heterocycles. The van der Waals surface area contributed by atoms with E-state index in [0.717, 1.165) is 11.1 Å². The fourth-order valence-electron chi connectivity index (χ4n) is 2.60. The quantitative estimate of drug-likeness (QED) is 0.874. The van der Waals surface area contributed by atoms with Crippen LogP contribution in [0.5, 0.6) is 0 Å². The lowest BCUT2D eigenvalue weighted by Crippen LogP contribution is -2.15. The van der Waals surface area contributed by atoms with Crippen molar-refractivity contribution in [3.05, 3.63) is 64.0 Å². The summed E-state index contributed by atoms with van der Waals surface area (Å²) in [6.07, 6.45) is 3.71. The van der Waals surface area contributed by atoms with Gasteiger partial charge in [0.25, 0.3) is 0 Å². The first-order valence-corrected chi connectivity index (χ1v) is 6.24. The van der Waals surface area contributed by atoms with Crippen LogP contribution >= 0.6 is 0 Å². The Labute approximate surface area is 109 Å². The molecule has 2 N–H and O–H groups in total. The number of nitrogens with two attached hydrogens (primary N) is 1. The summed E-state index contributed by atoms with van der Waals surface area (Å²) in [5.41, 5.74) is 13.6. The maximum absolute atomic E-state index is 6.40. The second-order valence-corrected chi connectivity index (χ2v) is 5.09. The summed E-state index contributed by atoms with van der Waals surface area (Å²) in [5, 5.41) is 0. The summed E-state index contributed by atoms with van der Waals surface area (Å²) in [6.45, 7) is 8.40. The van der Waals surface area contributed by atoms with Crippen LogP contribution in [-0.2, 0) is 0 Å². The van der Waals surface area contributed by atoms with Gasteiger partial charge in [0.2, 0.25) is 0 Å². The maximum atomic E-state index is 6.40. The molecule has 1 atom stereocenters. The number of aryl methyl sites for hydroxylation is 4. The minimum absolute atomic E-state index is 0.0991. The van der Waals surface area contributed by atoms with Crippen LogP contribution in [0.4, 0.5) is 0 Å². The van der Waals surface area contributed by atoms with Crippen LogP contribution in [-0.4, -0.2) is 4.98 Å². The molecule has 0 fully saturated rings. The largest absolute Gasteiger partial charge is 0.320 e. The van der Waals surface area contributed by atoms with E-state index in [-0.39, 0.29) is 6.04 Å². The van der Waals surface area contributed by atoms with Crippen LogP contribution in [0.3, 0.4) is 0 Å². The predicted molar refractivity (Wildman–Crippen MR) is 75.7 cm³/mol. The van der Waals surface area contributed by atoms with E-state index in [9.17, 15) is 0 Å². The first-order valence-electron chi connectivity index (χ1n) is 6.24. The number of nitrogens with zero attached hydrogens (tertiary/aromatic N) is 1. The fourth-order valence-corrected chi connectivity index (χ4v) is 2.60. The zero-order chi connectivity index (χ0) is 13.3. The van der Waals surface area contributed by atoms with E-state index in [1.807, 2.05) is 19.3 Å². The Morgan fingerprint density at radius 1 is 0.889 bits per heavy atom. The molecule has 0 spiro atoms. The maximum Gasteiger partial charge on any atom is 0.0572 e. The molecule has 2 aromatic rings. The number of rotatable bonds is 2. The lowest BCUT2D eigenvalue weighted by atomic mass is 9.91. The fraction of sp³-hybridized carbons (Fsp3) is 0.312. The summed E-state index contributed by atoms with van der Waals surface area (Å²) in [4.78, 5) is 4.23. The van der Waals surface area contributed by atoms with Crippen molar-refractivity contribution < 1.29 is 0 Å². The van der Waals surface area contributed by atoms with E-state index in [4.69, 9.17) is 5.73 Å². The molecule has 0 aliphatic rings. The van der Waals surface area contributed by atoms with Crippen LogP contribution in [0.1, 0.15) is 39.4 Å². The number of hydrogen-bond donors (Lipinski definition) is 1. The molecule has 94 valence electrons. The molecule has 2 heteroatoms. The highest BCUT2D eigenvalue weighted by molar-refractivity contribution is 5.43. The Kier molecular flexibility index (Phi) is 3.48. The molecule has 0 amide bonds. The molecular weight excluding hydrogens is 220 g/mol. The van der Waals surface area contributed by atoms with Gasteiger partial charge in [0.05, 0.1) is 6.04 Å². The molecule has 1 aromatic carbocycles. The molecular formula is C16H20N2. The minimum atomic E-state index is -0.0991. The highest BCUT2D eigenvalue weighted by atomic mass is 14.7. The van der Waals surface area contributed by atoms with E-state index in [0.29, 0.717) is 0 Å². The zero-order valence-corrected chi connectivity index (χ0v) is 11.5. The van der Waals surface area contributed by atoms with Crippen LogP contribution in [0.15, 0.2) is 30.6 Å². The van der Waals surface area contributed by atoms with Gasteiger partial charge >= 0.3 is 0 Å². The molecule has 2 rings (SSSR count). The van der Waals surface area contributed by atoms with E-state index in [1.165, 1.54) is 22.3 Å². The Morgan fingerprint density at radius 3 is 2.06 bits per heavy atom. The van der Waals surface area contributed by atoms with Gasteiger partial charge in [-0.1, -0.05) is 23.8 Å². The second kappa shape index (κ2) is 4.91. The normalized spacial score (nSPS) is 12.5. The smallest absolute Gasteiger partial charge is 0.0572 e. The highest BCUT2D eigenvalue weighted by Crippen LogP contribution is 2.26. The molecule has 0 radical (unpaired) electrons. The molecule has 2 nitrogen and oxygen atoms in total. The number of benzene rings is 1. The van der Waals surface area contributed by atoms with Crippen molar-refractivity contribution in [3.63, 3.8) is 0 Å². The molecule has 1 unspecified atom stereocenters. The van der Waals surface area contributed by atoms with Gasteiger partial charge < -0.3 is 5.73 Å². The van der Waals surface area contributed by atoms with E-state index in [1.54, 1.807) is 0 Å². The van der Waals surface area contributed by atoms with Gasteiger partial charge in [-0.15, -0.1) is 0 Å². The first-order chi connectivity index (χ1) is 8.49. The van der Waals surface area contributed by atoms with Crippen molar-refractivity contribution in [3.8, 4) is 0 Å². The third-order valence-corrected chi connectivity index (χ3v) is 3.30. The third kappa shape index (κ3) is 2.44. The van der Waals surface area contributed by atoms with Crippen molar-refractivity contribution in [2.24, 2.45) is 5.73 Å². The Balaban J connectivity index is 2.49. The summed E-state index contributed by atoms with van der Waals surface area (Å²) >= 11 is 0. The van der Waals surface area contributed by atoms with Crippen LogP contribution in [0, 0.1) is 27.7 Å². The van der Waals surface area contributed by atoms with Gasteiger partial charge in [0.15, 0.2) is 0 Å². The Hall–Kier alpha value is -1.67. The van der Waals surface area contributed by atoms with Crippen LogP contribution < -0.4 is 5.73 Å². The topological polar surface area (TPSA) is 38.9 Å².